The van der Waals surface area contributed by atoms with Gasteiger partial charge in [-0.15, -0.1) is 0 Å². The number of anilines is 2. The fraction of sp³-hybridized carbons (Fsp3) is 0.176. The van der Waals surface area contributed by atoms with Gasteiger partial charge in [0.05, 0.1) is 5.52 Å². The second kappa shape index (κ2) is 5.79. The first-order valence-corrected chi connectivity index (χ1v) is 7.07. The lowest BCUT2D eigenvalue weighted by atomic mass is 10.1. The molecule has 0 saturated heterocycles. The fourth-order valence-electron chi connectivity index (χ4n) is 2.49. The molecule has 0 radical (unpaired) electrons. The second-order valence-corrected chi connectivity index (χ2v) is 4.97. The topological polar surface area (TPSA) is 55.0 Å². The first-order valence-electron chi connectivity index (χ1n) is 7.07. The highest BCUT2D eigenvalue weighted by molar-refractivity contribution is 5.89. The third kappa shape index (κ3) is 2.79. The molecule has 2 aromatic carbocycles. The summed E-state index contributed by atoms with van der Waals surface area (Å²) in [6.45, 7) is 3.78. The van der Waals surface area contributed by atoms with Crippen molar-refractivity contribution in [2.24, 2.45) is 0 Å². The third-order valence-electron chi connectivity index (χ3n) is 3.53. The minimum absolute atomic E-state index is 0.780. The smallest absolute Gasteiger partial charge is 0.140 e. The van der Waals surface area contributed by atoms with E-state index in [-0.39, 0.29) is 0 Å². The van der Waals surface area contributed by atoms with Crippen molar-refractivity contribution in [3.63, 3.8) is 0 Å². The molecule has 21 heavy (non-hydrogen) atoms. The number of rotatable bonds is 4. The highest BCUT2D eigenvalue weighted by Gasteiger charge is 2.11. The van der Waals surface area contributed by atoms with E-state index in [1.54, 1.807) is 6.33 Å². The number of nitrogens with two attached hydrogens (primary N) is 1. The van der Waals surface area contributed by atoms with Crippen molar-refractivity contribution in [2.75, 3.05) is 17.2 Å². The maximum absolute atomic E-state index is 5.86. The second-order valence-electron chi connectivity index (χ2n) is 4.97. The molecule has 0 saturated carbocycles. The van der Waals surface area contributed by atoms with E-state index in [1.165, 1.54) is 5.56 Å². The summed E-state index contributed by atoms with van der Waals surface area (Å²) < 4.78 is 0. The predicted molar refractivity (Wildman–Crippen MR) is 87.1 cm³/mol. The summed E-state index contributed by atoms with van der Waals surface area (Å²) in [6.07, 6.45) is 1.62. The Balaban J connectivity index is 1.98. The van der Waals surface area contributed by atoms with Crippen LogP contribution in [0, 0.1) is 0 Å². The van der Waals surface area contributed by atoms with Crippen LogP contribution >= 0.6 is 0 Å². The Morgan fingerprint density at radius 3 is 2.71 bits per heavy atom. The van der Waals surface area contributed by atoms with Gasteiger partial charge < -0.3 is 10.6 Å². The lowest BCUT2D eigenvalue weighted by Crippen LogP contribution is -2.23. The van der Waals surface area contributed by atoms with E-state index < -0.39 is 0 Å². The third-order valence-corrected chi connectivity index (χ3v) is 3.53. The van der Waals surface area contributed by atoms with Crippen LogP contribution in [0.1, 0.15) is 12.5 Å². The van der Waals surface area contributed by atoms with E-state index in [2.05, 4.69) is 33.9 Å². The van der Waals surface area contributed by atoms with Gasteiger partial charge in [-0.3, -0.25) is 0 Å². The molecule has 0 fully saturated rings. The van der Waals surface area contributed by atoms with Crippen molar-refractivity contribution >= 4 is 22.4 Å². The van der Waals surface area contributed by atoms with Gasteiger partial charge in [-0.1, -0.05) is 24.3 Å². The van der Waals surface area contributed by atoms with Crippen LogP contribution in [0.2, 0.25) is 0 Å². The summed E-state index contributed by atoms with van der Waals surface area (Å²) in [6, 6.07) is 16.1. The summed E-state index contributed by atoms with van der Waals surface area (Å²) >= 11 is 0. The number of aromatic nitrogens is 2. The van der Waals surface area contributed by atoms with E-state index in [0.29, 0.717) is 0 Å². The number of fused-ring (bicyclic) bond motifs is 1. The molecule has 4 nitrogen and oxygen atoms in total. The van der Waals surface area contributed by atoms with Crippen molar-refractivity contribution in [3.8, 4) is 0 Å². The Kier molecular flexibility index (Phi) is 3.69. The maximum atomic E-state index is 5.86. The molecule has 0 unspecified atom stereocenters. The Hall–Kier alpha value is -2.62. The van der Waals surface area contributed by atoms with Crippen molar-refractivity contribution in [2.45, 2.75) is 13.5 Å². The summed E-state index contributed by atoms with van der Waals surface area (Å²) in [5.74, 6) is 0.963. The average Bonchev–Trinajstić information content (AvgIpc) is 2.52. The van der Waals surface area contributed by atoms with Crippen LogP contribution in [0.4, 0.5) is 11.5 Å². The van der Waals surface area contributed by atoms with E-state index in [9.17, 15) is 0 Å². The Labute approximate surface area is 124 Å². The summed E-state index contributed by atoms with van der Waals surface area (Å²) in [7, 11) is 0. The average molecular weight is 278 g/mol. The van der Waals surface area contributed by atoms with Crippen LogP contribution in [-0.2, 0) is 6.54 Å². The van der Waals surface area contributed by atoms with Crippen LogP contribution in [0.25, 0.3) is 10.9 Å². The van der Waals surface area contributed by atoms with Crippen molar-refractivity contribution in [1.29, 1.82) is 0 Å². The Morgan fingerprint density at radius 2 is 1.90 bits per heavy atom. The zero-order valence-electron chi connectivity index (χ0n) is 12.0. The van der Waals surface area contributed by atoms with Crippen LogP contribution < -0.4 is 10.6 Å². The first kappa shape index (κ1) is 13.4. The van der Waals surface area contributed by atoms with Gasteiger partial charge >= 0.3 is 0 Å². The van der Waals surface area contributed by atoms with Crippen molar-refractivity contribution in [1.82, 2.24) is 9.97 Å². The van der Waals surface area contributed by atoms with Gasteiger partial charge in [0.2, 0.25) is 0 Å². The van der Waals surface area contributed by atoms with Gasteiger partial charge in [0.1, 0.15) is 12.1 Å². The van der Waals surface area contributed by atoms with Crippen molar-refractivity contribution < 1.29 is 0 Å². The molecule has 0 aliphatic carbocycles. The highest BCUT2D eigenvalue weighted by Crippen LogP contribution is 2.24. The molecule has 1 aromatic heterocycles. The molecular weight excluding hydrogens is 260 g/mol. The standard InChI is InChI=1S/C17H18N4/c1-2-21(11-13-6-5-7-14(18)10-13)17-15-8-3-4-9-16(15)19-12-20-17/h3-10,12H,2,11,18H2,1H3. The molecule has 4 heteroatoms. The quantitative estimate of drug-likeness (QED) is 0.744. The Morgan fingerprint density at radius 1 is 1.05 bits per heavy atom. The van der Waals surface area contributed by atoms with Crippen LogP contribution in [-0.4, -0.2) is 16.5 Å². The Bertz CT molecular complexity index is 749. The van der Waals surface area contributed by atoms with Crippen LogP contribution in [0.15, 0.2) is 54.9 Å². The van der Waals surface area contributed by atoms with E-state index in [1.807, 2.05) is 36.4 Å². The normalized spacial score (nSPS) is 10.7. The zero-order chi connectivity index (χ0) is 14.7. The number of hydrogen-bond donors (Lipinski definition) is 1. The number of nitrogen functional groups attached to an aromatic ring is 1. The molecule has 0 bridgehead atoms. The molecule has 0 spiro atoms. The van der Waals surface area contributed by atoms with Gasteiger partial charge in [0, 0.05) is 24.2 Å². The molecular formula is C17H18N4. The number of hydrogen-bond acceptors (Lipinski definition) is 4. The molecule has 1 heterocycles. The number of nitrogens with zero attached hydrogens (tertiary/aromatic N) is 3. The number of para-hydroxylation sites is 1. The van der Waals surface area contributed by atoms with E-state index >= 15 is 0 Å². The fourth-order valence-corrected chi connectivity index (χ4v) is 2.49. The zero-order valence-corrected chi connectivity index (χ0v) is 12.0. The lowest BCUT2D eigenvalue weighted by Gasteiger charge is -2.23. The van der Waals surface area contributed by atoms with Gasteiger partial charge in [0.25, 0.3) is 0 Å². The SMILES string of the molecule is CCN(Cc1cccc(N)c1)c1ncnc2ccccc12. The van der Waals surface area contributed by atoms with E-state index in [0.717, 1.165) is 35.5 Å². The predicted octanol–water partition coefficient (Wildman–Crippen LogP) is 3.24. The molecule has 0 atom stereocenters. The maximum Gasteiger partial charge on any atom is 0.140 e. The van der Waals surface area contributed by atoms with Crippen LogP contribution in [0.5, 0.6) is 0 Å². The molecule has 3 rings (SSSR count). The molecule has 0 amide bonds. The van der Waals surface area contributed by atoms with Gasteiger partial charge in [-0.2, -0.15) is 0 Å². The molecule has 3 aromatic rings. The molecule has 0 aliphatic heterocycles. The summed E-state index contributed by atoms with van der Waals surface area (Å²) in [5, 5.41) is 1.07. The summed E-state index contributed by atoms with van der Waals surface area (Å²) in [5.41, 5.74) is 8.80. The van der Waals surface area contributed by atoms with Crippen LogP contribution in [0.3, 0.4) is 0 Å². The molecule has 106 valence electrons. The molecule has 2 N–H and O–H groups in total. The van der Waals surface area contributed by atoms with Gasteiger partial charge in [0.15, 0.2) is 0 Å². The molecule has 0 aliphatic rings. The van der Waals surface area contributed by atoms with Crippen molar-refractivity contribution in [3.05, 3.63) is 60.4 Å². The largest absolute Gasteiger partial charge is 0.399 e. The minimum Gasteiger partial charge on any atom is -0.399 e. The highest BCUT2D eigenvalue weighted by atomic mass is 15.2. The summed E-state index contributed by atoms with van der Waals surface area (Å²) in [4.78, 5) is 11.0. The van der Waals surface area contributed by atoms with Gasteiger partial charge in [-0.25, -0.2) is 9.97 Å². The number of benzene rings is 2. The first-order chi connectivity index (χ1) is 10.3. The lowest BCUT2D eigenvalue weighted by molar-refractivity contribution is 0.817. The minimum atomic E-state index is 0.780. The van der Waals surface area contributed by atoms with E-state index in [4.69, 9.17) is 5.73 Å². The van der Waals surface area contributed by atoms with Gasteiger partial charge in [-0.05, 0) is 36.8 Å². The monoisotopic (exact) mass is 278 g/mol.